The number of rotatable bonds is 4. The van der Waals surface area contributed by atoms with E-state index in [1.807, 2.05) is 31.2 Å². The molecule has 2 N–H and O–H groups in total. The van der Waals surface area contributed by atoms with E-state index < -0.39 is 5.91 Å². The van der Waals surface area contributed by atoms with Gasteiger partial charge in [-0.05, 0) is 56.2 Å². The molecule has 7 nitrogen and oxygen atoms in total. The van der Waals surface area contributed by atoms with Gasteiger partial charge < -0.3 is 15.5 Å². The summed E-state index contributed by atoms with van der Waals surface area (Å²) in [4.78, 5) is 26.9. The van der Waals surface area contributed by atoms with E-state index in [-0.39, 0.29) is 22.9 Å². The third-order valence-corrected chi connectivity index (χ3v) is 5.86. The molecule has 154 valence electrons. The van der Waals surface area contributed by atoms with E-state index in [1.54, 1.807) is 4.90 Å². The predicted octanol–water partition coefficient (Wildman–Crippen LogP) is 4.61. The van der Waals surface area contributed by atoms with E-state index in [2.05, 4.69) is 20.8 Å². The van der Waals surface area contributed by atoms with Gasteiger partial charge in [0.2, 0.25) is 5.01 Å². The second-order valence-corrected chi connectivity index (χ2v) is 8.06. The Morgan fingerprint density at radius 3 is 2.43 bits per heavy atom. The predicted molar refractivity (Wildman–Crippen MR) is 113 cm³/mol. The van der Waals surface area contributed by atoms with Crippen LogP contribution in [0.3, 0.4) is 0 Å². The fourth-order valence-corrected chi connectivity index (χ4v) is 4.16. The number of hydrogen-bond donors (Lipinski definition) is 2. The lowest BCUT2D eigenvalue weighted by Crippen LogP contribution is -2.34. The van der Waals surface area contributed by atoms with Gasteiger partial charge in [0, 0.05) is 17.9 Å². The highest BCUT2D eigenvalue weighted by Crippen LogP contribution is 2.34. The van der Waals surface area contributed by atoms with Gasteiger partial charge in [-0.2, -0.15) is 0 Å². The number of anilines is 2. The first-order chi connectivity index (χ1) is 14.5. The zero-order valence-corrected chi connectivity index (χ0v) is 17.1. The Morgan fingerprint density at radius 2 is 1.70 bits per heavy atom. The summed E-state index contributed by atoms with van der Waals surface area (Å²) in [6, 6.07) is 12.7. The average molecular weight is 425 g/mol. The molecule has 2 heterocycles. The van der Waals surface area contributed by atoms with Gasteiger partial charge in [0.05, 0.1) is 6.04 Å². The van der Waals surface area contributed by atoms with Crippen LogP contribution in [0.5, 0.6) is 0 Å². The highest BCUT2D eigenvalue weighted by atomic mass is 32.1. The molecule has 30 heavy (non-hydrogen) atoms. The summed E-state index contributed by atoms with van der Waals surface area (Å²) in [5.41, 5.74) is 2.32. The zero-order chi connectivity index (χ0) is 21.1. The second kappa shape index (κ2) is 8.58. The molecular formula is C21H20FN5O2S. The normalized spacial score (nSPS) is 15.8. The fourth-order valence-electron chi connectivity index (χ4n) is 3.28. The van der Waals surface area contributed by atoms with Crippen molar-refractivity contribution in [2.45, 2.75) is 25.8 Å². The number of likely N-dealkylation sites (tertiary alicyclic amines) is 1. The van der Waals surface area contributed by atoms with Gasteiger partial charge in [-0.3, -0.25) is 4.79 Å². The highest BCUT2D eigenvalue weighted by molar-refractivity contribution is 7.13. The van der Waals surface area contributed by atoms with Crippen LogP contribution < -0.4 is 10.6 Å². The fraction of sp³-hybridized carbons (Fsp3) is 0.238. The minimum atomic E-state index is -0.418. The molecule has 0 radical (unpaired) electrons. The van der Waals surface area contributed by atoms with Crippen LogP contribution in [0.15, 0.2) is 48.5 Å². The van der Waals surface area contributed by atoms with Crippen LogP contribution in [0.4, 0.5) is 20.6 Å². The van der Waals surface area contributed by atoms with E-state index in [9.17, 15) is 14.0 Å². The van der Waals surface area contributed by atoms with Crippen molar-refractivity contribution in [1.29, 1.82) is 0 Å². The molecule has 1 aromatic heterocycles. The van der Waals surface area contributed by atoms with Crippen molar-refractivity contribution < 1.29 is 14.0 Å². The second-order valence-electron chi connectivity index (χ2n) is 7.05. The van der Waals surface area contributed by atoms with E-state index in [0.29, 0.717) is 17.2 Å². The molecule has 9 heteroatoms. The minimum Gasteiger partial charge on any atom is -0.320 e. The van der Waals surface area contributed by atoms with E-state index in [1.165, 1.54) is 24.3 Å². The molecule has 1 saturated heterocycles. The van der Waals surface area contributed by atoms with Crippen molar-refractivity contribution in [3.63, 3.8) is 0 Å². The van der Waals surface area contributed by atoms with Crippen LogP contribution >= 0.6 is 11.3 Å². The molecule has 4 rings (SSSR count). The number of benzene rings is 2. The lowest BCUT2D eigenvalue weighted by molar-refractivity contribution is 0.102. The number of carbonyl (C=O) groups is 2. The molecule has 0 spiro atoms. The lowest BCUT2D eigenvalue weighted by Gasteiger charge is -2.23. The van der Waals surface area contributed by atoms with Crippen molar-refractivity contribution >= 4 is 34.6 Å². The largest absolute Gasteiger partial charge is 0.322 e. The Labute approximate surface area is 176 Å². The maximum atomic E-state index is 13.0. The third kappa shape index (κ3) is 4.46. The molecule has 1 fully saturated rings. The number of hydrogen-bond acceptors (Lipinski definition) is 5. The Balaban J connectivity index is 1.43. The molecule has 2 aromatic carbocycles. The molecule has 1 aliphatic heterocycles. The zero-order valence-electron chi connectivity index (χ0n) is 16.3. The van der Waals surface area contributed by atoms with Crippen LogP contribution in [-0.2, 0) is 0 Å². The van der Waals surface area contributed by atoms with Crippen molar-refractivity contribution in [2.24, 2.45) is 0 Å². The highest BCUT2D eigenvalue weighted by Gasteiger charge is 2.33. The van der Waals surface area contributed by atoms with Crippen molar-refractivity contribution in [3.05, 3.63) is 69.9 Å². The van der Waals surface area contributed by atoms with Gasteiger partial charge in [0.1, 0.15) is 10.8 Å². The van der Waals surface area contributed by atoms with Gasteiger partial charge in [-0.1, -0.05) is 29.0 Å². The summed E-state index contributed by atoms with van der Waals surface area (Å²) in [6.07, 6.45) is 1.61. The topological polar surface area (TPSA) is 87.2 Å². The van der Waals surface area contributed by atoms with Gasteiger partial charge in [-0.15, -0.1) is 10.2 Å². The molecule has 1 aliphatic rings. The summed E-state index contributed by atoms with van der Waals surface area (Å²) in [6.45, 7) is 2.60. The molecule has 1 atom stereocenters. The van der Waals surface area contributed by atoms with E-state index in [0.717, 1.165) is 35.4 Å². The number of nitrogens with one attached hydrogen (secondary N) is 2. The molecule has 0 aliphatic carbocycles. The van der Waals surface area contributed by atoms with Crippen molar-refractivity contribution in [2.75, 3.05) is 17.2 Å². The first-order valence-electron chi connectivity index (χ1n) is 9.54. The monoisotopic (exact) mass is 425 g/mol. The quantitative estimate of drug-likeness (QED) is 0.639. The minimum absolute atomic E-state index is 0.195. The summed E-state index contributed by atoms with van der Waals surface area (Å²) >= 11 is 1.16. The molecule has 3 aromatic rings. The number of carbonyl (C=O) groups excluding carboxylic acids is 2. The standard InChI is InChI=1S/C21H20FN5O2S/c1-13-4-8-16(9-5-13)24-21(29)27-12-2-3-17(27)19-25-26-20(30-19)18(28)23-15-10-6-14(22)7-11-15/h4-11,17H,2-3,12H2,1H3,(H,23,28)(H,24,29)/t17-/m1/s1. The first kappa shape index (κ1) is 20.0. The van der Waals surface area contributed by atoms with Gasteiger partial charge >= 0.3 is 6.03 Å². The maximum Gasteiger partial charge on any atom is 0.322 e. The Kier molecular flexibility index (Phi) is 5.71. The van der Waals surface area contributed by atoms with Crippen LogP contribution in [-0.4, -0.2) is 33.6 Å². The van der Waals surface area contributed by atoms with Crippen LogP contribution in [0.1, 0.15) is 39.3 Å². The van der Waals surface area contributed by atoms with Crippen LogP contribution in [0, 0.1) is 12.7 Å². The lowest BCUT2D eigenvalue weighted by atomic mass is 10.2. The summed E-state index contributed by atoms with van der Waals surface area (Å²) in [5, 5.41) is 14.5. The van der Waals surface area contributed by atoms with Crippen molar-refractivity contribution in [1.82, 2.24) is 15.1 Å². The van der Waals surface area contributed by atoms with Crippen molar-refractivity contribution in [3.8, 4) is 0 Å². The van der Waals surface area contributed by atoms with Crippen LogP contribution in [0.2, 0.25) is 0 Å². The van der Waals surface area contributed by atoms with Gasteiger partial charge in [-0.25, -0.2) is 9.18 Å². The summed E-state index contributed by atoms with van der Waals surface area (Å²) in [7, 11) is 0. The average Bonchev–Trinajstić information content (AvgIpc) is 3.40. The number of aromatic nitrogens is 2. The van der Waals surface area contributed by atoms with E-state index in [4.69, 9.17) is 0 Å². The number of urea groups is 1. The smallest absolute Gasteiger partial charge is 0.320 e. The SMILES string of the molecule is Cc1ccc(NC(=O)N2CCC[C@@H]2c2nnc(C(=O)Nc3ccc(F)cc3)s2)cc1. The summed E-state index contributed by atoms with van der Waals surface area (Å²) in [5.74, 6) is -0.796. The molecule has 0 bridgehead atoms. The van der Waals surface area contributed by atoms with Gasteiger partial charge in [0.15, 0.2) is 0 Å². The third-order valence-electron chi connectivity index (χ3n) is 4.84. The number of amides is 3. The number of aryl methyl sites for hydroxylation is 1. The number of halogens is 1. The molecular weight excluding hydrogens is 405 g/mol. The maximum absolute atomic E-state index is 13.0. The molecule has 0 unspecified atom stereocenters. The Morgan fingerprint density at radius 1 is 1.03 bits per heavy atom. The molecule has 3 amide bonds. The van der Waals surface area contributed by atoms with Gasteiger partial charge in [0.25, 0.3) is 5.91 Å². The Hall–Kier alpha value is -3.33. The first-order valence-corrected chi connectivity index (χ1v) is 10.4. The van der Waals surface area contributed by atoms with Crippen LogP contribution in [0.25, 0.3) is 0 Å². The number of nitrogens with zero attached hydrogens (tertiary/aromatic N) is 3. The summed E-state index contributed by atoms with van der Waals surface area (Å²) < 4.78 is 13.0. The Bertz CT molecular complexity index is 1050. The van der Waals surface area contributed by atoms with E-state index >= 15 is 0 Å². The molecule has 0 saturated carbocycles.